The zero-order valence-corrected chi connectivity index (χ0v) is 39.7. The van der Waals surface area contributed by atoms with E-state index in [4.69, 9.17) is 37.9 Å². The van der Waals surface area contributed by atoms with Crippen LogP contribution in [0.25, 0.3) is 0 Å². The molecule has 63 heavy (non-hydrogen) atoms. The average molecular weight is 899 g/mol. The number of rotatable bonds is 11. The summed E-state index contributed by atoms with van der Waals surface area (Å²) >= 11 is 0. The Morgan fingerprint density at radius 3 is 2.08 bits per heavy atom. The molecule has 0 aromatic heterocycles. The van der Waals surface area contributed by atoms with Crippen molar-refractivity contribution in [1.82, 2.24) is 10.2 Å². The number of Topliss-reactive ketones (excluding diaryl/α,β-unsaturated/α-hetero) is 1. The Hall–Kier alpha value is -2.84. The van der Waals surface area contributed by atoms with Crippen molar-refractivity contribution >= 4 is 17.8 Å². The van der Waals surface area contributed by atoms with Gasteiger partial charge >= 0.3 is 12.1 Å². The number of aliphatic hydroxyl groups is 3. The Kier molecular flexibility index (Phi) is 18.1. The number of amides is 1. The lowest BCUT2D eigenvalue weighted by Crippen LogP contribution is -2.62. The molecule has 0 spiro atoms. The lowest BCUT2D eigenvalue weighted by atomic mass is 9.74. The predicted octanol–water partition coefficient (Wildman–Crippen LogP) is 4.51. The first-order valence-corrected chi connectivity index (χ1v) is 22.2. The van der Waals surface area contributed by atoms with Gasteiger partial charge < -0.3 is 63.4 Å². The first-order valence-electron chi connectivity index (χ1n) is 22.2. The van der Waals surface area contributed by atoms with Crippen molar-refractivity contribution in [3.8, 4) is 0 Å². The molecule has 3 heterocycles. The van der Waals surface area contributed by atoms with Crippen LogP contribution >= 0.6 is 0 Å². The number of halogens is 1. The highest BCUT2D eigenvalue weighted by molar-refractivity contribution is 5.83. The molecule has 3 saturated heterocycles. The van der Waals surface area contributed by atoms with Crippen molar-refractivity contribution < 1.29 is 72.0 Å². The third-order valence-electron chi connectivity index (χ3n) is 13.8. The van der Waals surface area contributed by atoms with Crippen LogP contribution in [0.15, 0.2) is 24.3 Å². The molecule has 3 aliphatic rings. The summed E-state index contributed by atoms with van der Waals surface area (Å²) < 4.78 is 64.1. The summed E-state index contributed by atoms with van der Waals surface area (Å²) in [5.41, 5.74) is -3.84. The number of hydrogen-bond donors (Lipinski definition) is 4. The van der Waals surface area contributed by atoms with E-state index >= 15 is 0 Å². The van der Waals surface area contributed by atoms with E-state index < -0.39 is 114 Å². The summed E-state index contributed by atoms with van der Waals surface area (Å²) in [7, 11) is 6.69. The lowest BCUT2D eigenvalue weighted by molar-refractivity contribution is -0.319. The lowest BCUT2D eigenvalue weighted by Gasteiger charge is -2.50. The van der Waals surface area contributed by atoms with Gasteiger partial charge in [0, 0.05) is 51.0 Å². The van der Waals surface area contributed by atoms with E-state index in [1.165, 1.54) is 40.2 Å². The molecular formula is C46H75FN2O14. The summed E-state index contributed by atoms with van der Waals surface area (Å²) in [6, 6.07) is 5.37. The van der Waals surface area contributed by atoms with Crippen molar-refractivity contribution in [3.63, 3.8) is 0 Å². The van der Waals surface area contributed by atoms with Gasteiger partial charge in [-0.15, -0.1) is 0 Å². The smallest absolute Gasteiger partial charge is 0.407 e. The number of benzene rings is 1. The maximum Gasteiger partial charge on any atom is 0.407 e. The summed E-state index contributed by atoms with van der Waals surface area (Å²) in [5.74, 6) is -5.19. The highest BCUT2D eigenvalue weighted by atomic mass is 19.1. The van der Waals surface area contributed by atoms with Crippen LogP contribution in [0.2, 0.25) is 0 Å². The van der Waals surface area contributed by atoms with Gasteiger partial charge in [0.1, 0.15) is 35.0 Å². The number of ether oxygens (including phenoxy) is 8. The average Bonchev–Trinajstić information content (AvgIpc) is 3.23. The standard InChI is InChI=1S/C46H75FN2O14/c1-15-33-46(10,55)38(52)26(4)35(50)24(2)21-44(8,56-13)39(62-42-36(51)32(49(11)12)20-25(3)58-42)27(5)37(28(6)41(53)60-33)61-34-22-45(9,57-14)40(29(7)59-34)63-43(54)48-23-30-16-18-31(47)19-17-30/h16-19,24-29,32-34,36-40,42,51-52,55H,15,20-23H2,1-14H3,(H,48,54)/t24-,25-,26+,27+,28-,29+,32+,33-,34+,36-,37+,38-,39-,40+,42+,44+,45-,46-/m1/s1. The normalized spacial score (nSPS) is 42.3. The molecule has 0 radical (unpaired) electrons. The molecule has 0 unspecified atom stereocenters. The number of methoxy groups -OCH3 is 2. The first-order chi connectivity index (χ1) is 29.3. The van der Waals surface area contributed by atoms with Crippen LogP contribution in [0.4, 0.5) is 9.18 Å². The quantitative estimate of drug-likeness (QED) is 0.226. The fourth-order valence-electron chi connectivity index (χ4n) is 9.73. The van der Waals surface area contributed by atoms with Gasteiger partial charge in [-0.1, -0.05) is 39.8 Å². The van der Waals surface area contributed by atoms with Crippen molar-refractivity contribution in [2.45, 2.75) is 186 Å². The number of carbonyl (C=O) groups excluding carboxylic acids is 3. The minimum atomic E-state index is -2.02. The SMILES string of the molecule is CC[C@H]1OC(=O)[C@H](C)[C@@H](O[C@H]2C[C@@](C)(OC)[C@@H](OC(=O)NCc3ccc(F)cc3)[C@H](C)O2)[C@H](C)[C@@H](O[C@@H]2O[C@H](C)C[C@H](N(C)C)[C@H]2O)[C@@](C)(OC)C[C@@H](C)C(=O)[C@H](C)[C@@H](O)[C@]1(C)O. The predicted molar refractivity (Wildman–Crippen MR) is 229 cm³/mol. The molecule has 17 heteroatoms. The highest BCUT2D eigenvalue weighted by Gasteiger charge is 2.55. The molecule has 16 nitrogen and oxygen atoms in total. The van der Waals surface area contributed by atoms with Crippen LogP contribution in [0.1, 0.15) is 100 Å². The second-order valence-corrected chi connectivity index (χ2v) is 19.0. The number of carbonyl (C=O) groups is 3. The van der Waals surface area contributed by atoms with Crippen LogP contribution in [-0.2, 0) is 54.0 Å². The van der Waals surface area contributed by atoms with Crippen molar-refractivity contribution in [2.75, 3.05) is 28.3 Å². The fourth-order valence-corrected chi connectivity index (χ4v) is 9.73. The van der Waals surface area contributed by atoms with Gasteiger partial charge in [-0.05, 0) is 92.6 Å². The van der Waals surface area contributed by atoms with Gasteiger partial charge in [0.15, 0.2) is 18.7 Å². The number of nitrogens with zero attached hydrogens (tertiary/aromatic N) is 1. The molecule has 0 aliphatic carbocycles. The largest absolute Gasteiger partial charge is 0.459 e. The number of hydrogen-bond acceptors (Lipinski definition) is 15. The Morgan fingerprint density at radius 2 is 1.51 bits per heavy atom. The van der Waals surface area contributed by atoms with Crippen molar-refractivity contribution in [2.24, 2.45) is 23.7 Å². The molecule has 3 fully saturated rings. The fraction of sp³-hybridized carbons (Fsp3) is 0.804. The van der Waals surface area contributed by atoms with Crippen LogP contribution in [0.3, 0.4) is 0 Å². The van der Waals surface area contributed by atoms with Crippen molar-refractivity contribution in [1.29, 1.82) is 0 Å². The molecule has 360 valence electrons. The third-order valence-corrected chi connectivity index (χ3v) is 13.8. The second kappa shape index (κ2) is 21.6. The first kappa shape index (κ1) is 52.8. The van der Waals surface area contributed by atoms with Gasteiger partial charge in [-0.2, -0.15) is 0 Å². The van der Waals surface area contributed by atoms with Gasteiger partial charge in [0.25, 0.3) is 0 Å². The van der Waals surface area contributed by atoms with E-state index in [-0.39, 0.29) is 43.7 Å². The zero-order chi connectivity index (χ0) is 47.4. The van der Waals surface area contributed by atoms with E-state index in [1.807, 2.05) is 32.8 Å². The van der Waals surface area contributed by atoms with Crippen molar-refractivity contribution in [3.05, 3.63) is 35.6 Å². The summed E-state index contributed by atoms with van der Waals surface area (Å²) in [6.45, 7) is 17.0. The number of aliphatic hydroxyl groups excluding tert-OH is 2. The monoisotopic (exact) mass is 899 g/mol. The summed E-state index contributed by atoms with van der Waals surface area (Å²) in [5, 5.41) is 37.7. The number of cyclic esters (lactones) is 1. The van der Waals surface area contributed by atoms with Gasteiger partial charge in [-0.25, -0.2) is 9.18 Å². The molecule has 0 saturated carbocycles. The molecule has 18 atom stereocenters. The summed E-state index contributed by atoms with van der Waals surface area (Å²) in [4.78, 5) is 43.6. The molecule has 1 amide bonds. The zero-order valence-electron chi connectivity index (χ0n) is 39.7. The molecule has 3 aliphatic heterocycles. The van der Waals surface area contributed by atoms with E-state index in [1.54, 1.807) is 53.7 Å². The van der Waals surface area contributed by atoms with E-state index in [9.17, 15) is 34.1 Å². The van der Waals surface area contributed by atoms with E-state index in [0.29, 0.717) is 12.0 Å². The maximum atomic E-state index is 14.4. The summed E-state index contributed by atoms with van der Waals surface area (Å²) in [6.07, 6.45) is -10.3. The Bertz CT molecular complexity index is 1670. The molecule has 1 aromatic rings. The Morgan fingerprint density at radius 1 is 0.905 bits per heavy atom. The van der Waals surface area contributed by atoms with Gasteiger partial charge in [0.05, 0.1) is 42.0 Å². The molecule has 1 aromatic carbocycles. The number of alkyl carbamates (subject to hydrolysis) is 1. The number of nitrogens with one attached hydrogen (secondary N) is 1. The molecule has 4 rings (SSSR count). The third kappa shape index (κ3) is 12.1. The Balaban J connectivity index is 1.76. The molecular weight excluding hydrogens is 824 g/mol. The molecule has 0 bridgehead atoms. The number of ketones is 1. The second-order valence-electron chi connectivity index (χ2n) is 19.0. The van der Waals surface area contributed by atoms with E-state index in [0.717, 1.165) is 0 Å². The highest BCUT2D eigenvalue weighted by Crippen LogP contribution is 2.42. The Labute approximate surface area is 372 Å². The molecule has 4 N–H and O–H groups in total. The minimum absolute atomic E-state index is 0.0240. The number of likely N-dealkylation sites (N-methyl/N-ethyl adjacent to an activating group) is 1. The van der Waals surface area contributed by atoms with Gasteiger partial charge in [-0.3, -0.25) is 9.59 Å². The topological polar surface area (TPSA) is 201 Å². The van der Waals surface area contributed by atoms with Gasteiger partial charge in [0.2, 0.25) is 0 Å². The van der Waals surface area contributed by atoms with Crippen LogP contribution < -0.4 is 5.32 Å². The van der Waals surface area contributed by atoms with Crippen LogP contribution in [-0.4, -0.2) is 151 Å². The van der Waals surface area contributed by atoms with E-state index in [2.05, 4.69) is 5.32 Å². The maximum absolute atomic E-state index is 14.4. The minimum Gasteiger partial charge on any atom is -0.459 e. The van der Waals surface area contributed by atoms with Crippen LogP contribution in [0, 0.1) is 29.5 Å². The number of esters is 1. The van der Waals surface area contributed by atoms with Crippen LogP contribution in [0.5, 0.6) is 0 Å².